The number of sulfonamides is 1. The van der Waals surface area contributed by atoms with Crippen LogP contribution >= 0.6 is 0 Å². The number of benzene rings is 1. The second kappa shape index (κ2) is 6.73. The Morgan fingerprint density at radius 2 is 1.84 bits per heavy atom. The predicted octanol–water partition coefficient (Wildman–Crippen LogP) is 3.04. The Labute approximate surface area is 145 Å². The molecule has 0 amide bonds. The number of hydrogen-bond donors (Lipinski definition) is 1. The van der Waals surface area contributed by atoms with E-state index in [-0.39, 0.29) is 11.6 Å². The fourth-order valence-corrected chi connectivity index (χ4v) is 3.17. The number of ether oxygens (including phenoxy) is 1. The van der Waals surface area contributed by atoms with E-state index in [9.17, 15) is 8.42 Å². The third-order valence-electron chi connectivity index (χ3n) is 3.85. The number of nitrogens with zero attached hydrogens (tertiary/aromatic N) is 1. The molecule has 8 heteroatoms. The number of aryl methyl sites for hydroxylation is 1. The Morgan fingerprint density at radius 1 is 1.12 bits per heavy atom. The van der Waals surface area contributed by atoms with Crippen molar-refractivity contribution in [3.05, 3.63) is 53.2 Å². The standard InChI is InChI=1S/C17H18N2O5S/c1-11-12(2)19-24-17(11)15-8-9-16(23-15)25(20,21)18-10-13-4-6-14(22-3)7-5-13/h4-9,18H,10H2,1-3H3. The van der Waals surface area contributed by atoms with Crippen molar-refractivity contribution in [1.29, 1.82) is 0 Å². The summed E-state index contributed by atoms with van der Waals surface area (Å²) >= 11 is 0. The van der Waals surface area contributed by atoms with Crippen LogP contribution in [0.1, 0.15) is 16.8 Å². The van der Waals surface area contributed by atoms with Gasteiger partial charge < -0.3 is 13.7 Å². The molecule has 0 aliphatic carbocycles. The zero-order chi connectivity index (χ0) is 18.0. The molecule has 0 fully saturated rings. The van der Waals surface area contributed by atoms with E-state index in [0.717, 1.165) is 16.8 Å². The SMILES string of the molecule is COc1ccc(CNS(=O)(=O)c2ccc(-c3onc(C)c3C)o2)cc1. The molecule has 7 nitrogen and oxygen atoms in total. The molecular formula is C17H18N2O5S. The molecule has 0 radical (unpaired) electrons. The molecule has 0 bridgehead atoms. The van der Waals surface area contributed by atoms with Crippen LogP contribution in [-0.4, -0.2) is 20.7 Å². The number of rotatable bonds is 6. The van der Waals surface area contributed by atoms with E-state index in [4.69, 9.17) is 13.7 Å². The van der Waals surface area contributed by atoms with Gasteiger partial charge in [0.1, 0.15) is 5.75 Å². The fourth-order valence-electron chi connectivity index (χ4n) is 2.22. The summed E-state index contributed by atoms with van der Waals surface area (Å²) in [6.07, 6.45) is 0. The van der Waals surface area contributed by atoms with Crippen LogP contribution in [0.3, 0.4) is 0 Å². The molecule has 2 aromatic heterocycles. The Hall–Kier alpha value is -2.58. The van der Waals surface area contributed by atoms with Crippen LogP contribution in [0, 0.1) is 13.8 Å². The summed E-state index contributed by atoms with van der Waals surface area (Å²) in [5, 5.41) is 3.67. The van der Waals surface area contributed by atoms with E-state index in [1.54, 1.807) is 44.4 Å². The molecule has 0 unspecified atom stereocenters. The molecule has 0 atom stereocenters. The highest BCUT2D eigenvalue weighted by Gasteiger charge is 2.21. The van der Waals surface area contributed by atoms with Gasteiger partial charge in [-0.25, -0.2) is 13.1 Å². The minimum Gasteiger partial charge on any atom is -0.497 e. The zero-order valence-corrected chi connectivity index (χ0v) is 14.9. The number of hydrogen-bond acceptors (Lipinski definition) is 6. The Kier molecular flexibility index (Phi) is 4.65. The predicted molar refractivity (Wildman–Crippen MR) is 90.7 cm³/mol. The van der Waals surface area contributed by atoms with Crippen molar-refractivity contribution >= 4 is 10.0 Å². The highest BCUT2D eigenvalue weighted by atomic mass is 32.2. The molecule has 1 N–H and O–H groups in total. The van der Waals surface area contributed by atoms with Gasteiger partial charge in [-0.2, -0.15) is 0 Å². The summed E-state index contributed by atoms with van der Waals surface area (Å²) in [4.78, 5) is 0. The molecule has 3 aromatic rings. The second-order valence-corrected chi connectivity index (χ2v) is 7.21. The lowest BCUT2D eigenvalue weighted by Gasteiger charge is -2.05. The van der Waals surface area contributed by atoms with E-state index in [0.29, 0.717) is 17.3 Å². The normalized spacial score (nSPS) is 11.6. The van der Waals surface area contributed by atoms with Gasteiger partial charge in [-0.3, -0.25) is 0 Å². The molecule has 0 saturated carbocycles. The van der Waals surface area contributed by atoms with E-state index in [1.165, 1.54) is 6.07 Å². The van der Waals surface area contributed by atoms with Crippen LogP contribution < -0.4 is 9.46 Å². The smallest absolute Gasteiger partial charge is 0.274 e. The number of methoxy groups -OCH3 is 1. The molecular weight excluding hydrogens is 344 g/mol. The lowest BCUT2D eigenvalue weighted by atomic mass is 10.2. The van der Waals surface area contributed by atoms with Crippen molar-refractivity contribution in [2.45, 2.75) is 25.5 Å². The molecule has 0 aliphatic heterocycles. The molecule has 25 heavy (non-hydrogen) atoms. The van der Waals surface area contributed by atoms with Crippen LogP contribution in [-0.2, 0) is 16.6 Å². The fraction of sp³-hybridized carbons (Fsp3) is 0.235. The Balaban J connectivity index is 1.75. The van der Waals surface area contributed by atoms with Gasteiger partial charge in [0.05, 0.1) is 12.8 Å². The van der Waals surface area contributed by atoms with E-state index < -0.39 is 10.0 Å². The van der Waals surface area contributed by atoms with Crippen molar-refractivity contribution in [2.75, 3.05) is 7.11 Å². The molecule has 0 spiro atoms. The Morgan fingerprint density at radius 3 is 2.44 bits per heavy atom. The maximum absolute atomic E-state index is 12.4. The van der Waals surface area contributed by atoms with Crippen molar-refractivity contribution in [2.24, 2.45) is 0 Å². The monoisotopic (exact) mass is 362 g/mol. The maximum Gasteiger partial charge on any atom is 0.274 e. The largest absolute Gasteiger partial charge is 0.497 e. The highest BCUT2D eigenvalue weighted by molar-refractivity contribution is 7.89. The summed E-state index contributed by atoms with van der Waals surface area (Å²) in [6, 6.07) is 10.1. The van der Waals surface area contributed by atoms with E-state index in [2.05, 4.69) is 9.88 Å². The summed E-state index contributed by atoms with van der Waals surface area (Å²) in [6.45, 7) is 3.78. The van der Waals surface area contributed by atoms with Gasteiger partial charge in [-0.05, 0) is 43.7 Å². The van der Waals surface area contributed by atoms with Crippen molar-refractivity contribution in [3.63, 3.8) is 0 Å². The number of furan rings is 1. The molecule has 132 valence electrons. The van der Waals surface area contributed by atoms with Gasteiger partial charge in [0.2, 0.25) is 10.9 Å². The number of nitrogens with one attached hydrogen (secondary N) is 1. The topological polar surface area (TPSA) is 94.6 Å². The lowest BCUT2D eigenvalue weighted by Crippen LogP contribution is -2.22. The molecule has 0 saturated heterocycles. The minimum atomic E-state index is -3.78. The van der Waals surface area contributed by atoms with Crippen LogP contribution in [0.25, 0.3) is 11.5 Å². The summed E-state index contributed by atoms with van der Waals surface area (Å²) in [5.41, 5.74) is 2.34. The quantitative estimate of drug-likeness (QED) is 0.724. The molecule has 2 heterocycles. The third-order valence-corrected chi connectivity index (χ3v) is 5.13. The van der Waals surface area contributed by atoms with Crippen molar-refractivity contribution in [3.8, 4) is 17.3 Å². The Bertz CT molecular complexity index is 971. The first kappa shape index (κ1) is 17.2. The van der Waals surface area contributed by atoms with Crippen LogP contribution in [0.2, 0.25) is 0 Å². The van der Waals surface area contributed by atoms with E-state index >= 15 is 0 Å². The lowest BCUT2D eigenvalue weighted by molar-refractivity contribution is 0.397. The van der Waals surface area contributed by atoms with Crippen LogP contribution in [0.15, 0.2) is 50.4 Å². The van der Waals surface area contributed by atoms with Gasteiger partial charge in [0, 0.05) is 12.1 Å². The highest BCUT2D eigenvalue weighted by Crippen LogP contribution is 2.28. The first-order valence-electron chi connectivity index (χ1n) is 7.56. The van der Waals surface area contributed by atoms with E-state index in [1.807, 2.05) is 6.92 Å². The summed E-state index contributed by atoms with van der Waals surface area (Å²) in [7, 11) is -2.20. The summed E-state index contributed by atoms with van der Waals surface area (Å²) < 4.78 is 43.0. The minimum absolute atomic E-state index is 0.142. The van der Waals surface area contributed by atoms with Crippen molar-refractivity contribution in [1.82, 2.24) is 9.88 Å². The van der Waals surface area contributed by atoms with Gasteiger partial charge in [0.25, 0.3) is 10.0 Å². The van der Waals surface area contributed by atoms with Gasteiger partial charge >= 0.3 is 0 Å². The average molecular weight is 362 g/mol. The molecule has 1 aromatic carbocycles. The van der Waals surface area contributed by atoms with Crippen LogP contribution in [0.4, 0.5) is 0 Å². The first-order chi connectivity index (χ1) is 11.9. The van der Waals surface area contributed by atoms with Crippen molar-refractivity contribution < 1.29 is 22.1 Å². The maximum atomic E-state index is 12.4. The summed E-state index contributed by atoms with van der Waals surface area (Å²) in [5.74, 6) is 1.46. The number of aromatic nitrogens is 1. The molecule has 0 aliphatic rings. The molecule has 3 rings (SSSR count). The van der Waals surface area contributed by atoms with Crippen LogP contribution in [0.5, 0.6) is 5.75 Å². The zero-order valence-electron chi connectivity index (χ0n) is 14.1. The van der Waals surface area contributed by atoms with Gasteiger partial charge in [0.15, 0.2) is 5.76 Å². The average Bonchev–Trinajstić information content (AvgIpc) is 3.22. The third kappa shape index (κ3) is 3.59. The second-order valence-electron chi connectivity index (χ2n) is 5.51. The van der Waals surface area contributed by atoms with Gasteiger partial charge in [-0.15, -0.1) is 0 Å². The first-order valence-corrected chi connectivity index (χ1v) is 9.04. The van der Waals surface area contributed by atoms with Gasteiger partial charge in [-0.1, -0.05) is 17.3 Å².